The first-order valence-electron chi connectivity index (χ1n) is 16.7. The number of unbranched alkanes of at least 4 members (excludes halogenated alkanes) is 20. The predicted octanol–water partition coefficient (Wildman–Crippen LogP) is 9.82. The van der Waals surface area contributed by atoms with Gasteiger partial charge in [-0.3, -0.25) is 4.90 Å². The molecule has 0 radical (unpaired) electrons. The minimum atomic E-state index is -0.245. The quantitative estimate of drug-likeness (QED) is 0.0943. The number of aliphatic hydroxyl groups is 2. The SMILES string of the molecule is CCCCCCCCCCCCC(O)CN(CCCCC)CC(O)CCCCCCCCCCCC. The molecule has 3 heteroatoms. The molecular weight excluding hydrogens is 442 g/mol. The third kappa shape index (κ3) is 26.9. The molecule has 0 aliphatic rings. The Hall–Kier alpha value is -0.120. The molecule has 0 aromatic heterocycles. The molecule has 0 aromatic rings. The van der Waals surface area contributed by atoms with Crippen LogP contribution >= 0.6 is 0 Å². The molecule has 2 atom stereocenters. The first-order chi connectivity index (χ1) is 17.6. The Morgan fingerprint density at radius 1 is 0.389 bits per heavy atom. The average Bonchev–Trinajstić information content (AvgIpc) is 2.86. The zero-order valence-electron chi connectivity index (χ0n) is 25.3. The molecule has 0 heterocycles. The van der Waals surface area contributed by atoms with Crippen molar-refractivity contribution in [2.45, 2.75) is 193 Å². The Balaban J connectivity index is 3.91. The number of hydrogen-bond donors (Lipinski definition) is 2. The van der Waals surface area contributed by atoms with Crippen molar-refractivity contribution in [1.82, 2.24) is 4.90 Å². The van der Waals surface area contributed by atoms with Crippen molar-refractivity contribution in [2.75, 3.05) is 19.6 Å². The molecule has 36 heavy (non-hydrogen) atoms. The van der Waals surface area contributed by atoms with Crippen LogP contribution in [0.15, 0.2) is 0 Å². The van der Waals surface area contributed by atoms with Gasteiger partial charge in [-0.15, -0.1) is 0 Å². The minimum Gasteiger partial charge on any atom is -0.392 e. The van der Waals surface area contributed by atoms with Gasteiger partial charge in [0, 0.05) is 13.1 Å². The number of aliphatic hydroxyl groups excluding tert-OH is 2. The van der Waals surface area contributed by atoms with Gasteiger partial charge in [0.15, 0.2) is 0 Å². The fourth-order valence-electron chi connectivity index (χ4n) is 5.36. The summed E-state index contributed by atoms with van der Waals surface area (Å²) in [6.45, 7) is 9.27. The monoisotopic (exact) mass is 512 g/mol. The first kappa shape index (κ1) is 35.9. The zero-order chi connectivity index (χ0) is 26.5. The van der Waals surface area contributed by atoms with E-state index in [1.54, 1.807) is 0 Å². The summed E-state index contributed by atoms with van der Waals surface area (Å²) in [5.74, 6) is 0. The second kappa shape index (κ2) is 29.4. The average molecular weight is 512 g/mol. The molecule has 0 aliphatic heterocycles. The molecule has 0 aliphatic carbocycles. The molecule has 218 valence electrons. The maximum Gasteiger partial charge on any atom is 0.0667 e. The van der Waals surface area contributed by atoms with Crippen LogP contribution in [0.2, 0.25) is 0 Å². The molecular formula is C33H69NO2. The molecule has 0 saturated carbocycles. The van der Waals surface area contributed by atoms with E-state index in [1.165, 1.54) is 135 Å². The second-order valence-corrected chi connectivity index (χ2v) is 11.7. The van der Waals surface area contributed by atoms with Crippen molar-refractivity contribution in [3.05, 3.63) is 0 Å². The normalized spacial score (nSPS) is 13.5. The Kier molecular flexibility index (Phi) is 29.3. The zero-order valence-corrected chi connectivity index (χ0v) is 25.3. The molecule has 0 bridgehead atoms. The standard InChI is InChI=1S/C33H69NO2/c1-4-7-10-12-14-16-18-20-22-24-27-32(35)30-34(29-26-9-6-3)31-33(36)28-25-23-21-19-17-15-13-11-8-5-2/h32-33,35-36H,4-31H2,1-3H3. The number of rotatable bonds is 30. The topological polar surface area (TPSA) is 43.7 Å². The molecule has 2 unspecified atom stereocenters. The lowest BCUT2D eigenvalue weighted by atomic mass is 10.0. The number of hydrogen-bond acceptors (Lipinski definition) is 3. The molecule has 3 nitrogen and oxygen atoms in total. The molecule has 0 saturated heterocycles. The van der Waals surface area contributed by atoms with E-state index in [0.717, 1.165) is 45.3 Å². The van der Waals surface area contributed by atoms with Crippen LogP contribution in [0.1, 0.15) is 181 Å². The maximum absolute atomic E-state index is 10.7. The van der Waals surface area contributed by atoms with Gasteiger partial charge in [-0.05, 0) is 25.8 Å². The van der Waals surface area contributed by atoms with Crippen molar-refractivity contribution in [3.8, 4) is 0 Å². The van der Waals surface area contributed by atoms with Crippen molar-refractivity contribution < 1.29 is 10.2 Å². The summed E-state index contributed by atoms with van der Waals surface area (Å²) in [6, 6.07) is 0. The molecule has 0 spiro atoms. The van der Waals surface area contributed by atoms with E-state index in [2.05, 4.69) is 25.7 Å². The van der Waals surface area contributed by atoms with E-state index in [9.17, 15) is 10.2 Å². The summed E-state index contributed by atoms with van der Waals surface area (Å²) < 4.78 is 0. The number of nitrogens with zero attached hydrogens (tertiary/aromatic N) is 1. The lowest BCUT2D eigenvalue weighted by molar-refractivity contribution is 0.0597. The van der Waals surface area contributed by atoms with E-state index in [4.69, 9.17) is 0 Å². The highest BCUT2D eigenvalue weighted by molar-refractivity contribution is 4.70. The molecule has 2 N–H and O–H groups in total. The van der Waals surface area contributed by atoms with Crippen LogP contribution in [-0.4, -0.2) is 47.0 Å². The fourth-order valence-corrected chi connectivity index (χ4v) is 5.36. The lowest BCUT2D eigenvalue weighted by Gasteiger charge is -2.27. The summed E-state index contributed by atoms with van der Waals surface area (Å²) in [4.78, 5) is 2.34. The molecule has 0 fully saturated rings. The van der Waals surface area contributed by atoms with Gasteiger partial charge in [0.25, 0.3) is 0 Å². The van der Waals surface area contributed by atoms with Crippen molar-refractivity contribution >= 4 is 0 Å². The third-order valence-electron chi connectivity index (χ3n) is 7.80. The summed E-state index contributed by atoms with van der Waals surface area (Å²) in [6.07, 6.45) is 31.7. The van der Waals surface area contributed by atoms with Crippen LogP contribution in [0.25, 0.3) is 0 Å². The van der Waals surface area contributed by atoms with Gasteiger partial charge < -0.3 is 10.2 Å². The van der Waals surface area contributed by atoms with Crippen LogP contribution < -0.4 is 0 Å². The first-order valence-corrected chi connectivity index (χ1v) is 16.7. The Labute approximate surface area is 228 Å². The van der Waals surface area contributed by atoms with E-state index in [1.807, 2.05) is 0 Å². The van der Waals surface area contributed by atoms with E-state index >= 15 is 0 Å². The smallest absolute Gasteiger partial charge is 0.0667 e. The molecule has 0 amide bonds. The third-order valence-corrected chi connectivity index (χ3v) is 7.80. The van der Waals surface area contributed by atoms with E-state index < -0.39 is 0 Å². The largest absolute Gasteiger partial charge is 0.392 e. The fraction of sp³-hybridized carbons (Fsp3) is 1.00. The Morgan fingerprint density at radius 3 is 1.00 bits per heavy atom. The highest BCUT2D eigenvalue weighted by atomic mass is 16.3. The van der Waals surface area contributed by atoms with Gasteiger partial charge in [-0.2, -0.15) is 0 Å². The lowest BCUT2D eigenvalue weighted by Crippen LogP contribution is -2.38. The van der Waals surface area contributed by atoms with Crippen LogP contribution in [0.4, 0.5) is 0 Å². The van der Waals surface area contributed by atoms with Gasteiger partial charge in [-0.25, -0.2) is 0 Å². The van der Waals surface area contributed by atoms with Gasteiger partial charge in [0.05, 0.1) is 12.2 Å². The minimum absolute atomic E-state index is 0.245. The van der Waals surface area contributed by atoms with Crippen LogP contribution in [0, 0.1) is 0 Å². The van der Waals surface area contributed by atoms with Gasteiger partial charge in [-0.1, -0.05) is 162 Å². The van der Waals surface area contributed by atoms with Crippen LogP contribution in [0.5, 0.6) is 0 Å². The highest BCUT2D eigenvalue weighted by Crippen LogP contribution is 2.15. The second-order valence-electron chi connectivity index (χ2n) is 11.7. The van der Waals surface area contributed by atoms with E-state index in [0.29, 0.717) is 0 Å². The van der Waals surface area contributed by atoms with Crippen molar-refractivity contribution in [1.29, 1.82) is 0 Å². The van der Waals surface area contributed by atoms with Crippen molar-refractivity contribution in [2.24, 2.45) is 0 Å². The maximum atomic E-state index is 10.7. The van der Waals surface area contributed by atoms with Gasteiger partial charge in [0.1, 0.15) is 0 Å². The summed E-state index contributed by atoms with van der Waals surface area (Å²) in [7, 11) is 0. The molecule has 0 rings (SSSR count). The summed E-state index contributed by atoms with van der Waals surface area (Å²) in [5.41, 5.74) is 0. The Morgan fingerprint density at radius 2 is 0.667 bits per heavy atom. The summed E-state index contributed by atoms with van der Waals surface area (Å²) in [5, 5.41) is 21.3. The summed E-state index contributed by atoms with van der Waals surface area (Å²) >= 11 is 0. The highest BCUT2D eigenvalue weighted by Gasteiger charge is 2.15. The van der Waals surface area contributed by atoms with Gasteiger partial charge in [0.2, 0.25) is 0 Å². The van der Waals surface area contributed by atoms with Crippen LogP contribution in [0.3, 0.4) is 0 Å². The van der Waals surface area contributed by atoms with E-state index in [-0.39, 0.29) is 12.2 Å². The Bertz CT molecular complexity index is 371. The predicted molar refractivity (Wildman–Crippen MR) is 161 cm³/mol. The van der Waals surface area contributed by atoms with Gasteiger partial charge >= 0.3 is 0 Å². The van der Waals surface area contributed by atoms with Crippen molar-refractivity contribution in [3.63, 3.8) is 0 Å². The van der Waals surface area contributed by atoms with Crippen LogP contribution in [-0.2, 0) is 0 Å². The molecule has 0 aromatic carbocycles.